The lowest BCUT2D eigenvalue weighted by Gasteiger charge is -2.14. The van der Waals surface area contributed by atoms with E-state index in [4.69, 9.17) is 9.15 Å². The molecule has 1 aromatic carbocycles. The number of furan rings is 1. The highest BCUT2D eigenvalue weighted by molar-refractivity contribution is 9.10. The van der Waals surface area contributed by atoms with Crippen LogP contribution >= 0.6 is 15.9 Å². The van der Waals surface area contributed by atoms with Crippen LogP contribution in [0.25, 0.3) is 0 Å². The average molecular weight is 356 g/mol. The van der Waals surface area contributed by atoms with Crippen molar-refractivity contribution in [2.75, 3.05) is 13.2 Å². The summed E-state index contributed by atoms with van der Waals surface area (Å²) >= 11 is 3.20. The summed E-state index contributed by atoms with van der Waals surface area (Å²) in [6.45, 7) is 4.08. The van der Waals surface area contributed by atoms with Gasteiger partial charge in [-0.05, 0) is 65.6 Å². The highest BCUT2D eigenvalue weighted by Crippen LogP contribution is 2.21. The molecule has 0 saturated heterocycles. The van der Waals surface area contributed by atoms with Crippen molar-refractivity contribution in [3.63, 3.8) is 0 Å². The van der Waals surface area contributed by atoms with Crippen molar-refractivity contribution in [2.24, 2.45) is 0 Å². The number of rotatable bonds is 8. The largest absolute Gasteiger partial charge is 0.467 e. The smallest absolute Gasteiger partial charge is 0.137 e. The monoisotopic (exact) mass is 355 g/mol. The van der Waals surface area contributed by atoms with Gasteiger partial charge < -0.3 is 14.5 Å². The molecule has 2 aromatic rings. The summed E-state index contributed by atoms with van der Waals surface area (Å²) in [5.74, 6) is 0.602. The Bertz CT molecular complexity index is 545. The Morgan fingerprint density at radius 2 is 2.24 bits per heavy atom. The van der Waals surface area contributed by atoms with E-state index in [9.17, 15) is 4.39 Å². The highest BCUT2D eigenvalue weighted by Gasteiger charge is 2.07. The Balaban J connectivity index is 1.62. The number of ether oxygens (including phenoxy) is 1. The van der Waals surface area contributed by atoms with Crippen LogP contribution < -0.4 is 5.32 Å². The van der Waals surface area contributed by atoms with Crippen molar-refractivity contribution >= 4 is 15.9 Å². The topological polar surface area (TPSA) is 34.4 Å². The van der Waals surface area contributed by atoms with Crippen LogP contribution in [0.3, 0.4) is 0 Å². The van der Waals surface area contributed by atoms with E-state index in [-0.39, 0.29) is 11.9 Å². The lowest BCUT2D eigenvalue weighted by molar-refractivity contribution is 0.104. The molecule has 21 heavy (non-hydrogen) atoms. The van der Waals surface area contributed by atoms with Crippen LogP contribution in [0, 0.1) is 5.82 Å². The number of benzene rings is 1. The summed E-state index contributed by atoms with van der Waals surface area (Å²) in [5, 5.41) is 3.39. The molecule has 114 valence electrons. The molecule has 0 radical (unpaired) electrons. The van der Waals surface area contributed by atoms with Crippen molar-refractivity contribution in [2.45, 2.75) is 26.0 Å². The fourth-order valence-corrected chi connectivity index (χ4v) is 2.36. The molecule has 1 atom stereocenters. The van der Waals surface area contributed by atoms with Gasteiger partial charge >= 0.3 is 0 Å². The first-order chi connectivity index (χ1) is 10.2. The lowest BCUT2D eigenvalue weighted by Crippen LogP contribution is -2.21. The predicted molar refractivity (Wildman–Crippen MR) is 83.5 cm³/mol. The summed E-state index contributed by atoms with van der Waals surface area (Å²) in [5.41, 5.74) is 1.06. The molecule has 0 spiro atoms. The normalized spacial score (nSPS) is 12.5. The zero-order chi connectivity index (χ0) is 15.1. The minimum atomic E-state index is -0.239. The van der Waals surface area contributed by atoms with E-state index in [0.717, 1.165) is 24.3 Å². The minimum absolute atomic E-state index is 0.173. The molecule has 0 bridgehead atoms. The first-order valence-electron chi connectivity index (χ1n) is 6.95. The first kappa shape index (κ1) is 16.2. The van der Waals surface area contributed by atoms with Crippen molar-refractivity contribution in [1.82, 2.24) is 5.32 Å². The highest BCUT2D eigenvalue weighted by atomic mass is 79.9. The maximum atomic E-state index is 13.2. The van der Waals surface area contributed by atoms with Gasteiger partial charge in [-0.25, -0.2) is 4.39 Å². The van der Waals surface area contributed by atoms with Gasteiger partial charge in [0.25, 0.3) is 0 Å². The van der Waals surface area contributed by atoms with Gasteiger partial charge in [0.2, 0.25) is 0 Å². The molecular formula is C16H19BrFNO2. The van der Waals surface area contributed by atoms with E-state index in [0.29, 0.717) is 17.7 Å². The van der Waals surface area contributed by atoms with Gasteiger partial charge in [-0.2, -0.15) is 0 Å². The number of halogens is 2. The molecule has 0 fully saturated rings. The van der Waals surface area contributed by atoms with Gasteiger partial charge in [0.1, 0.15) is 18.2 Å². The standard InChI is InChI=1S/C16H19BrFNO2/c1-12(13-5-6-16(18)15(17)10-13)19-7-3-8-20-11-14-4-2-9-21-14/h2,4-6,9-10,12,19H,3,7-8,11H2,1H3. The Morgan fingerprint density at radius 3 is 2.95 bits per heavy atom. The average Bonchev–Trinajstić information content (AvgIpc) is 2.98. The quantitative estimate of drug-likeness (QED) is 0.710. The molecule has 0 aliphatic heterocycles. The van der Waals surface area contributed by atoms with Crippen molar-refractivity contribution in [3.8, 4) is 0 Å². The summed E-state index contributed by atoms with van der Waals surface area (Å²) < 4.78 is 24.4. The third-order valence-electron chi connectivity index (χ3n) is 3.18. The molecular weight excluding hydrogens is 337 g/mol. The van der Waals surface area contributed by atoms with Gasteiger partial charge in [0.05, 0.1) is 10.7 Å². The van der Waals surface area contributed by atoms with E-state index in [1.807, 2.05) is 12.1 Å². The molecule has 1 N–H and O–H groups in total. The fourth-order valence-electron chi connectivity index (χ4n) is 1.96. The first-order valence-corrected chi connectivity index (χ1v) is 7.74. The van der Waals surface area contributed by atoms with Crippen LogP contribution in [0.4, 0.5) is 4.39 Å². The Hall–Kier alpha value is -1.17. The predicted octanol–water partition coefficient (Wildman–Crippen LogP) is 4.44. The number of hydrogen-bond donors (Lipinski definition) is 1. The van der Waals surface area contributed by atoms with Crippen LogP contribution in [0.2, 0.25) is 0 Å². The lowest BCUT2D eigenvalue weighted by atomic mass is 10.1. The fraction of sp³-hybridized carbons (Fsp3) is 0.375. The molecule has 0 saturated carbocycles. The van der Waals surface area contributed by atoms with E-state index < -0.39 is 0 Å². The molecule has 1 aromatic heterocycles. The number of nitrogens with one attached hydrogen (secondary N) is 1. The van der Waals surface area contributed by atoms with Crippen LogP contribution in [0.5, 0.6) is 0 Å². The third kappa shape index (κ3) is 5.26. The Kier molecular flexibility index (Phi) is 6.42. The molecule has 1 heterocycles. The van der Waals surface area contributed by atoms with Crippen LogP contribution in [-0.4, -0.2) is 13.2 Å². The molecule has 3 nitrogen and oxygen atoms in total. The van der Waals surface area contributed by atoms with E-state index >= 15 is 0 Å². The van der Waals surface area contributed by atoms with Crippen molar-refractivity contribution < 1.29 is 13.5 Å². The van der Waals surface area contributed by atoms with Gasteiger partial charge in [0, 0.05) is 12.6 Å². The van der Waals surface area contributed by atoms with E-state index in [1.54, 1.807) is 18.4 Å². The van der Waals surface area contributed by atoms with Crippen molar-refractivity contribution in [3.05, 3.63) is 58.2 Å². The van der Waals surface area contributed by atoms with Crippen LogP contribution in [0.1, 0.15) is 30.7 Å². The SMILES string of the molecule is CC(NCCCOCc1ccco1)c1ccc(F)c(Br)c1. The summed E-state index contributed by atoms with van der Waals surface area (Å²) in [7, 11) is 0. The van der Waals surface area contributed by atoms with Gasteiger partial charge in [0.15, 0.2) is 0 Å². The molecule has 5 heteroatoms. The Morgan fingerprint density at radius 1 is 1.38 bits per heavy atom. The van der Waals surface area contributed by atoms with Crippen molar-refractivity contribution in [1.29, 1.82) is 0 Å². The van der Waals surface area contributed by atoms with Gasteiger partial charge in [-0.1, -0.05) is 6.07 Å². The molecule has 0 aliphatic rings. The van der Waals surface area contributed by atoms with Gasteiger partial charge in [-0.15, -0.1) is 0 Å². The van der Waals surface area contributed by atoms with E-state index in [2.05, 4.69) is 28.2 Å². The zero-order valence-electron chi connectivity index (χ0n) is 11.9. The second-order valence-corrected chi connectivity index (χ2v) is 5.69. The molecule has 0 aliphatic carbocycles. The maximum Gasteiger partial charge on any atom is 0.137 e. The van der Waals surface area contributed by atoms with Crippen LogP contribution in [-0.2, 0) is 11.3 Å². The van der Waals surface area contributed by atoms with Crippen LogP contribution in [0.15, 0.2) is 45.5 Å². The third-order valence-corrected chi connectivity index (χ3v) is 3.79. The maximum absolute atomic E-state index is 13.2. The molecule has 2 rings (SSSR count). The summed E-state index contributed by atoms with van der Waals surface area (Å²) in [6, 6.07) is 9.00. The minimum Gasteiger partial charge on any atom is -0.467 e. The van der Waals surface area contributed by atoms with E-state index in [1.165, 1.54) is 6.07 Å². The second kappa shape index (κ2) is 8.32. The van der Waals surface area contributed by atoms with Gasteiger partial charge in [-0.3, -0.25) is 0 Å². The second-order valence-electron chi connectivity index (χ2n) is 4.83. The zero-order valence-corrected chi connectivity index (χ0v) is 13.5. The summed E-state index contributed by atoms with van der Waals surface area (Å²) in [4.78, 5) is 0. The summed E-state index contributed by atoms with van der Waals surface area (Å²) in [6.07, 6.45) is 2.55. The molecule has 1 unspecified atom stereocenters. The Labute approximate surface area is 132 Å². The number of hydrogen-bond acceptors (Lipinski definition) is 3. The molecule has 0 amide bonds.